The topological polar surface area (TPSA) is 123 Å². The zero-order chi connectivity index (χ0) is 25.4. The Labute approximate surface area is 210 Å². The first-order chi connectivity index (χ1) is 16.9. The van der Waals surface area contributed by atoms with Gasteiger partial charge in [-0.2, -0.15) is 0 Å². The Kier molecular flexibility index (Phi) is 10.00. The Balaban J connectivity index is 1.92. The van der Waals surface area contributed by atoms with Gasteiger partial charge in [-0.05, 0) is 63.9 Å². The van der Waals surface area contributed by atoms with E-state index >= 15 is 0 Å². The van der Waals surface area contributed by atoms with Crippen molar-refractivity contribution in [2.75, 3.05) is 39.1 Å². The van der Waals surface area contributed by atoms with Crippen molar-refractivity contribution in [2.45, 2.75) is 63.3 Å². The van der Waals surface area contributed by atoms with Gasteiger partial charge in [0.2, 0.25) is 0 Å². The van der Waals surface area contributed by atoms with Crippen LogP contribution >= 0.6 is 0 Å². The molecule has 4 N–H and O–H groups in total. The van der Waals surface area contributed by atoms with E-state index in [1.54, 1.807) is 25.2 Å². The van der Waals surface area contributed by atoms with E-state index < -0.39 is 11.0 Å². The van der Waals surface area contributed by atoms with Crippen molar-refractivity contribution in [3.63, 3.8) is 0 Å². The number of hydrogen-bond donors (Lipinski definition) is 4. The van der Waals surface area contributed by atoms with Gasteiger partial charge in [-0.1, -0.05) is 20.3 Å². The van der Waals surface area contributed by atoms with Gasteiger partial charge in [0.15, 0.2) is 0 Å². The molecule has 1 aromatic carbocycles. The van der Waals surface area contributed by atoms with Crippen LogP contribution in [-0.4, -0.2) is 64.6 Å². The Morgan fingerprint density at radius 3 is 2.80 bits per heavy atom. The number of ether oxygens (including phenoxy) is 1. The number of benzene rings is 1. The summed E-state index contributed by atoms with van der Waals surface area (Å²) < 4.78 is 22.1. The maximum Gasteiger partial charge on any atom is 0.275 e. The van der Waals surface area contributed by atoms with Gasteiger partial charge in [0.25, 0.3) is 5.56 Å². The third-order valence-corrected chi connectivity index (χ3v) is 7.37. The number of nitrogens with zero attached hydrogens (tertiary/aromatic N) is 2. The molecule has 0 bridgehead atoms. The van der Waals surface area contributed by atoms with Gasteiger partial charge in [0.05, 0.1) is 22.8 Å². The highest BCUT2D eigenvalue weighted by molar-refractivity contribution is 7.83. The lowest BCUT2D eigenvalue weighted by atomic mass is 10.1. The zero-order valence-corrected chi connectivity index (χ0v) is 22.0. The predicted molar refractivity (Wildman–Crippen MR) is 142 cm³/mol. The lowest BCUT2D eigenvalue weighted by Crippen LogP contribution is -2.29. The van der Waals surface area contributed by atoms with E-state index in [0.29, 0.717) is 59.1 Å². The van der Waals surface area contributed by atoms with Crippen LogP contribution in [0.4, 0.5) is 5.69 Å². The van der Waals surface area contributed by atoms with E-state index in [-0.39, 0.29) is 11.2 Å². The number of likely N-dealkylation sites (tertiary alicyclic amines) is 1. The molecule has 1 fully saturated rings. The van der Waals surface area contributed by atoms with Gasteiger partial charge < -0.3 is 25.3 Å². The standard InChI is InChI=1S/C25H38N6O3S/c1-5-8-20(26)22-23(27-3)25(32)30-24(29-22)19-16-18(10-11-21(19)34-15-6-2)35(33)28-13-12-17-9-7-14-31(17)4/h10-11,16-17,26-28H,5-9,12-15H2,1-4H3,(H,29,30,32). The molecule has 0 aliphatic carbocycles. The van der Waals surface area contributed by atoms with Crippen molar-refractivity contribution in [1.82, 2.24) is 19.6 Å². The van der Waals surface area contributed by atoms with Crippen molar-refractivity contribution in [3.8, 4) is 17.1 Å². The van der Waals surface area contributed by atoms with Crippen LogP contribution < -0.4 is 20.3 Å². The van der Waals surface area contributed by atoms with Crippen LogP contribution in [0.3, 0.4) is 0 Å². The smallest absolute Gasteiger partial charge is 0.275 e. The molecule has 2 heterocycles. The lowest BCUT2D eigenvalue weighted by molar-refractivity contribution is 0.297. The molecular weight excluding hydrogens is 464 g/mol. The number of rotatable bonds is 13. The number of hydrogen-bond acceptors (Lipinski definition) is 7. The molecule has 0 amide bonds. The number of H-pyrrole nitrogens is 1. The summed E-state index contributed by atoms with van der Waals surface area (Å²) in [6, 6.07) is 5.82. The molecule has 2 aromatic rings. The number of aromatic amines is 1. The van der Waals surface area contributed by atoms with E-state index in [0.717, 1.165) is 25.8 Å². The van der Waals surface area contributed by atoms with Crippen LogP contribution in [0.25, 0.3) is 11.4 Å². The largest absolute Gasteiger partial charge is 0.493 e. The predicted octanol–water partition coefficient (Wildman–Crippen LogP) is 3.53. The maximum atomic E-state index is 13.0. The molecule has 2 atom stereocenters. The van der Waals surface area contributed by atoms with Gasteiger partial charge in [-0.25, -0.2) is 13.9 Å². The van der Waals surface area contributed by atoms with Gasteiger partial charge in [-0.3, -0.25) is 4.79 Å². The third kappa shape index (κ3) is 6.77. The van der Waals surface area contributed by atoms with Crippen molar-refractivity contribution < 1.29 is 8.95 Å². The summed E-state index contributed by atoms with van der Waals surface area (Å²) in [7, 11) is 2.36. The fourth-order valence-corrected chi connectivity index (χ4v) is 5.20. The summed E-state index contributed by atoms with van der Waals surface area (Å²) in [6.45, 7) is 6.26. The zero-order valence-electron chi connectivity index (χ0n) is 21.2. The Bertz CT molecular complexity index is 1100. The van der Waals surface area contributed by atoms with Crippen LogP contribution in [0.5, 0.6) is 5.75 Å². The average molecular weight is 503 g/mol. The fourth-order valence-electron chi connectivity index (χ4n) is 4.31. The minimum atomic E-state index is -1.42. The van der Waals surface area contributed by atoms with Gasteiger partial charge >= 0.3 is 0 Å². The second-order valence-corrected chi connectivity index (χ2v) is 10.1. The van der Waals surface area contributed by atoms with Crippen molar-refractivity contribution in [2.24, 2.45) is 0 Å². The van der Waals surface area contributed by atoms with E-state index in [1.165, 1.54) is 12.8 Å². The summed E-state index contributed by atoms with van der Waals surface area (Å²) in [5.41, 5.74) is 1.06. The van der Waals surface area contributed by atoms with E-state index in [1.807, 2.05) is 13.8 Å². The molecule has 2 unspecified atom stereocenters. The maximum absolute atomic E-state index is 13.0. The Hall–Kier alpha value is -2.56. The van der Waals surface area contributed by atoms with Gasteiger partial charge in [0.1, 0.15) is 33.9 Å². The summed E-state index contributed by atoms with van der Waals surface area (Å²) in [5, 5.41) is 11.3. The monoisotopic (exact) mass is 502 g/mol. The molecule has 35 heavy (non-hydrogen) atoms. The molecule has 1 saturated heterocycles. The summed E-state index contributed by atoms with van der Waals surface area (Å²) >= 11 is 0. The van der Waals surface area contributed by atoms with Gasteiger partial charge in [-0.15, -0.1) is 0 Å². The molecule has 0 saturated carbocycles. The van der Waals surface area contributed by atoms with Crippen LogP contribution in [-0.2, 0) is 11.0 Å². The van der Waals surface area contributed by atoms with Gasteiger partial charge in [0, 0.05) is 19.6 Å². The van der Waals surface area contributed by atoms with E-state index in [4.69, 9.17) is 10.1 Å². The van der Waals surface area contributed by atoms with Crippen LogP contribution in [0.15, 0.2) is 27.9 Å². The Morgan fingerprint density at radius 1 is 1.34 bits per heavy atom. The van der Waals surface area contributed by atoms with Crippen molar-refractivity contribution >= 4 is 22.4 Å². The highest BCUT2D eigenvalue weighted by Crippen LogP contribution is 2.30. The van der Waals surface area contributed by atoms with Crippen LogP contribution in [0.1, 0.15) is 58.1 Å². The molecule has 1 aliphatic rings. The summed E-state index contributed by atoms with van der Waals surface area (Å²) in [5.74, 6) is 0.843. The molecular formula is C25H38N6O3S. The highest BCUT2D eigenvalue weighted by Gasteiger charge is 2.21. The second kappa shape index (κ2) is 12.9. The first-order valence-electron chi connectivity index (χ1n) is 12.4. The first kappa shape index (κ1) is 27.0. The van der Waals surface area contributed by atoms with E-state index in [9.17, 15) is 9.00 Å². The molecule has 3 rings (SSSR count). The number of aromatic nitrogens is 2. The number of nitrogens with one attached hydrogen (secondary N) is 4. The Morgan fingerprint density at radius 2 is 2.14 bits per heavy atom. The number of anilines is 1. The minimum absolute atomic E-state index is 0.265. The van der Waals surface area contributed by atoms with Crippen LogP contribution in [0, 0.1) is 5.41 Å². The SMILES string of the molecule is CCCOc1ccc(S(=O)NCCC2CCCN2C)cc1-c1nc(C(=N)CCC)c(NC)c(=O)[nH]1. The quantitative estimate of drug-likeness (QED) is 0.311. The normalized spacial score (nSPS) is 16.9. The first-order valence-corrected chi connectivity index (χ1v) is 13.6. The molecule has 192 valence electrons. The molecule has 9 nitrogen and oxygen atoms in total. The minimum Gasteiger partial charge on any atom is -0.493 e. The summed E-state index contributed by atoms with van der Waals surface area (Å²) in [6.07, 6.45) is 5.42. The highest BCUT2D eigenvalue weighted by atomic mass is 32.2. The average Bonchev–Trinajstić information content (AvgIpc) is 3.26. The summed E-state index contributed by atoms with van der Waals surface area (Å²) in [4.78, 5) is 23.2. The second-order valence-electron chi connectivity index (χ2n) is 8.85. The van der Waals surface area contributed by atoms with Crippen molar-refractivity contribution in [1.29, 1.82) is 5.41 Å². The third-order valence-electron chi connectivity index (χ3n) is 6.22. The van der Waals surface area contributed by atoms with Crippen LogP contribution in [0.2, 0.25) is 0 Å². The molecule has 1 aliphatic heterocycles. The molecule has 0 radical (unpaired) electrons. The lowest BCUT2D eigenvalue weighted by Gasteiger charge is -2.19. The molecule has 0 spiro atoms. The van der Waals surface area contributed by atoms with Crippen molar-refractivity contribution in [3.05, 3.63) is 34.2 Å². The molecule has 10 heteroatoms. The van der Waals surface area contributed by atoms with E-state index in [2.05, 4.69) is 32.0 Å². The molecule has 1 aromatic heterocycles. The fraction of sp³-hybridized carbons (Fsp3) is 0.560.